The maximum Gasteiger partial charge on any atom is 0.338 e. The zero-order chi connectivity index (χ0) is 24.8. The Bertz CT molecular complexity index is 1100. The quantitative estimate of drug-likeness (QED) is 0.540. The van der Waals surface area contributed by atoms with Crippen molar-refractivity contribution in [2.75, 3.05) is 50.8 Å². The first-order valence-electron chi connectivity index (χ1n) is 11.9. The minimum atomic E-state index is -0.676. The third-order valence-electron chi connectivity index (χ3n) is 6.13. The van der Waals surface area contributed by atoms with Crippen LogP contribution in [-0.4, -0.2) is 62.8 Å². The largest absolute Gasteiger partial charge is 0.494 e. The molecular formula is C26H31ClN4O4. The number of urea groups is 1. The van der Waals surface area contributed by atoms with Crippen molar-refractivity contribution in [2.45, 2.75) is 19.9 Å². The summed E-state index contributed by atoms with van der Waals surface area (Å²) < 4.78 is 11.2. The molecule has 2 N–H and O–H groups in total. The number of amides is 2. The van der Waals surface area contributed by atoms with Crippen molar-refractivity contribution in [1.29, 1.82) is 0 Å². The predicted octanol–water partition coefficient (Wildman–Crippen LogP) is 3.73. The number of nitrogens with one attached hydrogen (secondary N) is 2. The van der Waals surface area contributed by atoms with Gasteiger partial charge in [0.05, 0.1) is 35.5 Å². The normalized spacial score (nSPS) is 18.7. The standard InChI is InChI=1S/C26H31ClN4O4/c1-3-34-22-12-8-5-9-18(22)24-23(25(32)35-4-2)20(28-26(33)29-24)17-30-13-15-31(16-14-30)21-11-7-6-10-19(21)27/h5-12,24H,3-4,13-17H2,1-2H3,(H2,28,29,33)/t24-/m1/s1. The number of carbonyl (C=O) groups excluding carboxylic acids is 2. The first kappa shape index (κ1) is 24.9. The number of ether oxygens (including phenoxy) is 2. The molecule has 186 valence electrons. The van der Waals surface area contributed by atoms with Crippen LogP contribution in [0.2, 0.25) is 5.02 Å². The van der Waals surface area contributed by atoms with E-state index in [4.69, 9.17) is 21.1 Å². The number of anilines is 1. The molecule has 2 aromatic carbocycles. The summed E-state index contributed by atoms with van der Waals surface area (Å²) in [6.45, 7) is 7.88. The Labute approximate surface area is 210 Å². The summed E-state index contributed by atoms with van der Waals surface area (Å²) in [5, 5.41) is 6.49. The summed E-state index contributed by atoms with van der Waals surface area (Å²) in [6, 6.07) is 14.2. The van der Waals surface area contributed by atoms with E-state index in [1.54, 1.807) is 6.92 Å². The number of nitrogens with zero attached hydrogens (tertiary/aromatic N) is 2. The number of esters is 1. The van der Waals surface area contributed by atoms with Crippen LogP contribution in [-0.2, 0) is 9.53 Å². The molecule has 2 aliphatic heterocycles. The number of halogens is 1. The zero-order valence-corrected chi connectivity index (χ0v) is 20.8. The van der Waals surface area contributed by atoms with Gasteiger partial charge in [0.1, 0.15) is 5.75 Å². The number of benzene rings is 2. The molecule has 0 spiro atoms. The second-order valence-electron chi connectivity index (χ2n) is 8.33. The molecule has 0 saturated carbocycles. The second kappa shape index (κ2) is 11.5. The fourth-order valence-electron chi connectivity index (χ4n) is 4.51. The topological polar surface area (TPSA) is 83.1 Å². The maximum atomic E-state index is 13.1. The van der Waals surface area contributed by atoms with Crippen LogP contribution in [0.25, 0.3) is 0 Å². The number of piperazine rings is 1. The molecule has 2 heterocycles. The van der Waals surface area contributed by atoms with Gasteiger partial charge in [-0.1, -0.05) is 41.9 Å². The van der Waals surface area contributed by atoms with Gasteiger partial charge in [-0.2, -0.15) is 0 Å². The number of rotatable bonds is 8. The van der Waals surface area contributed by atoms with Gasteiger partial charge in [-0.25, -0.2) is 9.59 Å². The number of hydrogen-bond acceptors (Lipinski definition) is 6. The molecule has 35 heavy (non-hydrogen) atoms. The van der Waals surface area contributed by atoms with Crippen molar-refractivity contribution in [3.8, 4) is 5.75 Å². The van der Waals surface area contributed by atoms with E-state index in [9.17, 15) is 9.59 Å². The molecule has 9 heteroatoms. The third kappa shape index (κ3) is 5.71. The molecule has 2 amide bonds. The van der Waals surface area contributed by atoms with Crippen molar-refractivity contribution < 1.29 is 19.1 Å². The number of hydrogen-bond donors (Lipinski definition) is 2. The van der Waals surface area contributed by atoms with E-state index < -0.39 is 12.0 Å². The molecular weight excluding hydrogens is 468 g/mol. The lowest BCUT2D eigenvalue weighted by molar-refractivity contribution is -0.139. The van der Waals surface area contributed by atoms with Gasteiger partial charge in [0, 0.05) is 44.0 Å². The van der Waals surface area contributed by atoms with Gasteiger partial charge in [0.15, 0.2) is 0 Å². The van der Waals surface area contributed by atoms with Crippen LogP contribution in [0, 0.1) is 0 Å². The SMILES string of the molecule is CCOC(=O)C1=C(CN2CCN(c3ccccc3Cl)CC2)NC(=O)N[C@@H]1c1ccccc1OCC. The molecule has 1 fully saturated rings. The van der Waals surface area contributed by atoms with Gasteiger partial charge in [0.25, 0.3) is 0 Å². The molecule has 0 radical (unpaired) electrons. The van der Waals surface area contributed by atoms with Crippen LogP contribution in [0.1, 0.15) is 25.5 Å². The third-order valence-corrected chi connectivity index (χ3v) is 6.45. The lowest BCUT2D eigenvalue weighted by Crippen LogP contribution is -2.52. The molecule has 0 aliphatic carbocycles. The average molecular weight is 499 g/mol. The molecule has 1 saturated heterocycles. The van der Waals surface area contributed by atoms with Gasteiger partial charge in [-0.05, 0) is 32.0 Å². The van der Waals surface area contributed by atoms with Crippen molar-refractivity contribution in [3.63, 3.8) is 0 Å². The van der Waals surface area contributed by atoms with Gasteiger partial charge in [-0.15, -0.1) is 0 Å². The Kier molecular flexibility index (Phi) is 8.15. The summed E-state index contributed by atoms with van der Waals surface area (Å²) in [5.41, 5.74) is 2.68. The Morgan fingerprint density at radius 2 is 1.74 bits per heavy atom. The van der Waals surface area contributed by atoms with E-state index in [2.05, 4.69) is 20.4 Å². The molecule has 2 aromatic rings. The Morgan fingerprint density at radius 1 is 1.03 bits per heavy atom. The van der Waals surface area contributed by atoms with Gasteiger partial charge in [0.2, 0.25) is 0 Å². The van der Waals surface area contributed by atoms with Crippen molar-refractivity contribution in [3.05, 3.63) is 70.4 Å². The van der Waals surface area contributed by atoms with E-state index >= 15 is 0 Å². The van der Waals surface area contributed by atoms with Crippen LogP contribution in [0.15, 0.2) is 59.8 Å². The highest BCUT2D eigenvalue weighted by Crippen LogP contribution is 2.34. The smallest absolute Gasteiger partial charge is 0.338 e. The highest BCUT2D eigenvalue weighted by Gasteiger charge is 2.36. The van der Waals surface area contributed by atoms with Crippen LogP contribution in [0.4, 0.5) is 10.5 Å². The fraction of sp³-hybridized carbons (Fsp3) is 0.385. The van der Waals surface area contributed by atoms with Gasteiger partial charge >= 0.3 is 12.0 Å². The van der Waals surface area contributed by atoms with Crippen LogP contribution >= 0.6 is 11.6 Å². The average Bonchev–Trinajstić information content (AvgIpc) is 2.85. The maximum absolute atomic E-state index is 13.1. The first-order valence-corrected chi connectivity index (χ1v) is 12.3. The highest BCUT2D eigenvalue weighted by atomic mass is 35.5. The summed E-state index contributed by atoms with van der Waals surface area (Å²) >= 11 is 6.38. The fourth-order valence-corrected chi connectivity index (χ4v) is 4.77. The van der Waals surface area contributed by atoms with E-state index in [0.717, 1.165) is 36.9 Å². The Hall–Kier alpha value is -3.23. The summed E-state index contributed by atoms with van der Waals surface area (Å²) in [6.07, 6.45) is 0. The molecule has 0 unspecified atom stereocenters. The highest BCUT2D eigenvalue weighted by molar-refractivity contribution is 6.33. The minimum Gasteiger partial charge on any atom is -0.494 e. The number of para-hydroxylation sites is 2. The Balaban J connectivity index is 1.59. The van der Waals surface area contributed by atoms with Gasteiger partial charge < -0.3 is 25.0 Å². The lowest BCUT2D eigenvalue weighted by atomic mass is 9.94. The second-order valence-corrected chi connectivity index (χ2v) is 8.74. The molecule has 8 nitrogen and oxygen atoms in total. The van der Waals surface area contributed by atoms with Crippen LogP contribution in [0.5, 0.6) is 5.75 Å². The van der Waals surface area contributed by atoms with E-state index in [-0.39, 0.29) is 12.6 Å². The van der Waals surface area contributed by atoms with Crippen LogP contribution < -0.4 is 20.3 Å². The predicted molar refractivity (Wildman–Crippen MR) is 136 cm³/mol. The molecule has 4 rings (SSSR count). The van der Waals surface area contributed by atoms with Crippen molar-refractivity contribution in [1.82, 2.24) is 15.5 Å². The summed E-state index contributed by atoms with van der Waals surface area (Å²) in [5.74, 6) is 0.165. The zero-order valence-electron chi connectivity index (χ0n) is 20.1. The first-order chi connectivity index (χ1) is 17.0. The summed E-state index contributed by atoms with van der Waals surface area (Å²) in [7, 11) is 0. The minimum absolute atomic E-state index is 0.236. The monoisotopic (exact) mass is 498 g/mol. The van der Waals surface area contributed by atoms with Crippen molar-refractivity contribution >= 4 is 29.3 Å². The van der Waals surface area contributed by atoms with Gasteiger partial charge in [-0.3, -0.25) is 4.90 Å². The molecule has 2 aliphatic rings. The Morgan fingerprint density at radius 3 is 2.46 bits per heavy atom. The molecule has 0 bridgehead atoms. The summed E-state index contributed by atoms with van der Waals surface area (Å²) in [4.78, 5) is 30.3. The van der Waals surface area contributed by atoms with E-state index in [1.165, 1.54) is 0 Å². The van der Waals surface area contributed by atoms with Crippen LogP contribution in [0.3, 0.4) is 0 Å². The van der Waals surface area contributed by atoms with Crippen molar-refractivity contribution in [2.24, 2.45) is 0 Å². The number of carbonyl (C=O) groups is 2. The lowest BCUT2D eigenvalue weighted by Gasteiger charge is -2.38. The molecule has 0 aromatic heterocycles. The van der Waals surface area contributed by atoms with E-state index in [0.29, 0.717) is 35.7 Å². The van der Waals surface area contributed by atoms with E-state index in [1.807, 2.05) is 55.5 Å². The molecule has 1 atom stereocenters.